The van der Waals surface area contributed by atoms with Gasteiger partial charge in [-0.1, -0.05) is 43.7 Å². The van der Waals surface area contributed by atoms with E-state index in [1.54, 1.807) is 12.0 Å². The van der Waals surface area contributed by atoms with Crippen molar-refractivity contribution in [3.05, 3.63) is 59.7 Å². The van der Waals surface area contributed by atoms with E-state index in [9.17, 15) is 9.59 Å². The van der Waals surface area contributed by atoms with E-state index in [1.165, 1.54) is 0 Å². The zero-order valence-electron chi connectivity index (χ0n) is 18.3. The van der Waals surface area contributed by atoms with Crippen molar-refractivity contribution < 1.29 is 19.1 Å². The molecule has 2 rings (SSSR count). The van der Waals surface area contributed by atoms with Gasteiger partial charge in [0.05, 0.1) is 7.11 Å². The van der Waals surface area contributed by atoms with E-state index in [0.29, 0.717) is 31.0 Å². The molecule has 0 aliphatic heterocycles. The van der Waals surface area contributed by atoms with Crippen molar-refractivity contribution >= 4 is 11.8 Å². The lowest BCUT2D eigenvalue weighted by atomic mass is 10.1. The molecule has 0 saturated carbocycles. The molecule has 0 aliphatic rings. The predicted molar refractivity (Wildman–Crippen MR) is 118 cm³/mol. The van der Waals surface area contributed by atoms with Gasteiger partial charge in [-0.15, -0.1) is 0 Å². The zero-order valence-corrected chi connectivity index (χ0v) is 18.3. The zero-order chi connectivity index (χ0) is 21.9. The molecule has 0 aromatic heterocycles. The third kappa shape index (κ3) is 6.79. The molecular formula is C24H32N2O4. The van der Waals surface area contributed by atoms with Crippen LogP contribution in [-0.2, 0) is 16.1 Å². The minimum absolute atomic E-state index is 0.134. The van der Waals surface area contributed by atoms with Gasteiger partial charge in [-0.2, -0.15) is 0 Å². The van der Waals surface area contributed by atoms with Gasteiger partial charge in [0, 0.05) is 13.1 Å². The van der Waals surface area contributed by atoms with Gasteiger partial charge in [0.1, 0.15) is 17.5 Å². The highest BCUT2D eigenvalue weighted by Gasteiger charge is 2.28. The second-order valence-electron chi connectivity index (χ2n) is 7.19. The van der Waals surface area contributed by atoms with Crippen molar-refractivity contribution in [2.24, 2.45) is 0 Å². The van der Waals surface area contributed by atoms with E-state index in [1.807, 2.05) is 69.3 Å². The summed E-state index contributed by atoms with van der Waals surface area (Å²) in [6, 6.07) is 14.5. The highest BCUT2D eigenvalue weighted by Crippen LogP contribution is 2.18. The lowest BCUT2D eigenvalue weighted by Crippen LogP contribution is -2.50. The highest BCUT2D eigenvalue weighted by atomic mass is 16.5. The summed E-state index contributed by atoms with van der Waals surface area (Å²) >= 11 is 0. The average molecular weight is 413 g/mol. The summed E-state index contributed by atoms with van der Waals surface area (Å²) in [6.45, 7) is 6.64. The summed E-state index contributed by atoms with van der Waals surface area (Å²) in [5, 5.41) is 2.91. The minimum atomic E-state index is -0.572. The number of aryl methyl sites for hydroxylation is 1. The standard InChI is InChI=1S/C24H32N2O4/c1-5-14-25-24(28)22(6-2)26(16-19-8-7-9-21(15-19)29-4)23(27)17-30-20-12-10-18(3)11-13-20/h7-13,15,22H,5-6,14,16-17H2,1-4H3,(H,25,28)/t22-/m0/s1. The van der Waals surface area contributed by atoms with Crippen molar-refractivity contribution in [1.82, 2.24) is 10.2 Å². The van der Waals surface area contributed by atoms with E-state index < -0.39 is 6.04 Å². The average Bonchev–Trinajstić information content (AvgIpc) is 2.77. The summed E-state index contributed by atoms with van der Waals surface area (Å²) < 4.78 is 11.0. The maximum atomic E-state index is 13.1. The van der Waals surface area contributed by atoms with Gasteiger partial charge in [-0.3, -0.25) is 9.59 Å². The maximum Gasteiger partial charge on any atom is 0.261 e. The summed E-state index contributed by atoms with van der Waals surface area (Å²) in [7, 11) is 1.60. The molecule has 2 amide bonds. The third-order valence-corrected chi connectivity index (χ3v) is 4.81. The van der Waals surface area contributed by atoms with Crippen molar-refractivity contribution in [1.29, 1.82) is 0 Å². The molecule has 0 radical (unpaired) electrons. The summed E-state index contributed by atoms with van der Waals surface area (Å²) in [4.78, 5) is 27.4. The number of nitrogens with one attached hydrogen (secondary N) is 1. The molecule has 0 aliphatic carbocycles. The van der Waals surface area contributed by atoms with E-state index >= 15 is 0 Å². The number of nitrogens with zero attached hydrogens (tertiary/aromatic N) is 1. The second-order valence-corrected chi connectivity index (χ2v) is 7.19. The van der Waals surface area contributed by atoms with Crippen LogP contribution in [0.5, 0.6) is 11.5 Å². The Labute approximate surface area is 179 Å². The van der Waals surface area contributed by atoms with Crippen LogP contribution < -0.4 is 14.8 Å². The highest BCUT2D eigenvalue weighted by molar-refractivity contribution is 5.88. The van der Waals surface area contributed by atoms with Crippen LogP contribution in [0.15, 0.2) is 48.5 Å². The van der Waals surface area contributed by atoms with Crippen molar-refractivity contribution in [3.8, 4) is 11.5 Å². The summed E-state index contributed by atoms with van der Waals surface area (Å²) in [6.07, 6.45) is 1.35. The number of rotatable bonds is 11. The number of hydrogen-bond acceptors (Lipinski definition) is 4. The van der Waals surface area contributed by atoms with E-state index in [4.69, 9.17) is 9.47 Å². The largest absolute Gasteiger partial charge is 0.497 e. The minimum Gasteiger partial charge on any atom is -0.497 e. The van der Waals surface area contributed by atoms with Gasteiger partial charge in [0.25, 0.3) is 5.91 Å². The number of ether oxygens (including phenoxy) is 2. The fourth-order valence-corrected chi connectivity index (χ4v) is 3.12. The second kappa shape index (κ2) is 11.9. The molecule has 1 atom stereocenters. The van der Waals surface area contributed by atoms with Crippen LogP contribution in [0.3, 0.4) is 0 Å². The normalized spacial score (nSPS) is 11.5. The molecule has 1 N–H and O–H groups in total. The van der Waals surface area contributed by atoms with Crippen molar-refractivity contribution in [3.63, 3.8) is 0 Å². The van der Waals surface area contributed by atoms with Gasteiger partial charge < -0.3 is 19.7 Å². The molecule has 2 aromatic carbocycles. The lowest BCUT2D eigenvalue weighted by molar-refractivity contribution is -0.143. The Hall–Kier alpha value is -3.02. The Morgan fingerprint density at radius 2 is 1.80 bits per heavy atom. The summed E-state index contributed by atoms with van der Waals surface area (Å²) in [5.41, 5.74) is 2.01. The first-order chi connectivity index (χ1) is 14.5. The van der Waals surface area contributed by atoms with E-state index in [0.717, 1.165) is 17.5 Å². The van der Waals surface area contributed by atoms with Crippen molar-refractivity contribution in [2.45, 2.75) is 46.2 Å². The molecule has 2 aromatic rings. The smallest absolute Gasteiger partial charge is 0.261 e. The number of carbonyl (C=O) groups is 2. The fourth-order valence-electron chi connectivity index (χ4n) is 3.12. The quantitative estimate of drug-likeness (QED) is 0.611. The molecule has 6 heteroatoms. The Morgan fingerprint density at radius 1 is 1.07 bits per heavy atom. The number of hydrogen-bond donors (Lipinski definition) is 1. The molecule has 0 heterocycles. The number of methoxy groups -OCH3 is 1. The molecule has 0 spiro atoms. The van der Waals surface area contributed by atoms with Crippen LogP contribution >= 0.6 is 0 Å². The first kappa shape index (κ1) is 23.3. The molecule has 0 fully saturated rings. The number of amides is 2. The van der Waals surface area contributed by atoms with E-state index in [-0.39, 0.29) is 18.4 Å². The van der Waals surface area contributed by atoms with Crippen LogP contribution in [0.25, 0.3) is 0 Å². The van der Waals surface area contributed by atoms with E-state index in [2.05, 4.69) is 5.32 Å². The monoisotopic (exact) mass is 412 g/mol. The van der Waals surface area contributed by atoms with Gasteiger partial charge in [-0.25, -0.2) is 0 Å². The predicted octanol–water partition coefficient (Wildman–Crippen LogP) is 3.72. The van der Waals surface area contributed by atoms with Gasteiger partial charge in [-0.05, 0) is 49.6 Å². The molecule has 162 valence electrons. The number of carbonyl (C=O) groups excluding carboxylic acids is 2. The molecule has 0 saturated heterocycles. The van der Waals surface area contributed by atoms with Gasteiger partial charge >= 0.3 is 0 Å². The molecule has 0 unspecified atom stereocenters. The Balaban J connectivity index is 2.20. The SMILES string of the molecule is CCCNC(=O)[C@H](CC)N(Cc1cccc(OC)c1)C(=O)COc1ccc(C)cc1. The first-order valence-corrected chi connectivity index (χ1v) is 10.4. The van der Waals surface area contributed by atoms with Crippen LogP contribution in [0, 0.1) is 6.92 Å². The molecule has 6 nitrogen and oxygen atoms in total. The molecular weight excluding hydrogens is 380 g/mol. The summed E-state index contributed by atoms with van der Waals surface area (Å²) in [5.74, 6) is 0.945. The Morgan fingerprint density at radius 3 is 2.43 bits per heavy atom. The van der Waals surface area contributed by atoms with Gasteiger partial charge in [0.2, 0.25) is 5.91 Å². The fraction of sp³-hybridized carbons (Fsp3) is 0.417. The number of benzene rings is 2. The third-order valence-electron chi connectivity index (χ3n) is 4.81. The van der Waals surface area contributed by atoms with Crippen LogP contribution in [-0.4, -0.2) is 43.0 Å². The van der Waals surface area contributed by atoms with Gasteiger partial charge in [0.15, 0.2) is 6.61 Å². The topological polar surface area (TPSA) is 67.9 Å². The Bertz CT molecular complexity index is 820. The Kier molecular flexibility index (Phi) is 9.19. The first-order valence-electron chi connectivity index (χ1n) is 10.4. The maximum absolute atomic E-state index is 13.1. The van der Waals surface area contributed by atoms with Crippen LogP contribution in [0.2, 0.25) is 0 Å². The van der Waals surface area contributed by atoms with Crippen molar-refractivity contribution in [2.75, 3.05) is 20.3 Å². The molecule has 0 bridgehead atoms. The lowest BCUT2D eigenvalue weighted by Gasteiger charge is -2.30. The molecule has 30 heavy (non-hydrogen) atoms. The van der Waals surface area contributed by atoms with Crippen LogP contribution in [0.4, 0.5) is 0 Å². The van der Waals surface area contributed by atoms with Crippen LogP contribution in [0.1, 0.15) is 37.8 Å².